The van der Waals surface area contributed by atoms with E-state index in [0.29, 0.717) is 5.78 Å². The Kier molecular flexibility index (Phi) is 3.00. The van der Waals surface area contributed by atoms with Gasteiger partial charge in [-0.3, -0.25) is 4.79 Å². The maximum absolute atomic E-state index is 11.7. The first-order chi connectivity index (χ1) is 7.31. The van der Waals surface area contributed by atoms with E-state index in [4.69, 9.17) is 0 Å². The molecule has 1 nitrogen and oxygen atoms in total. The maximum Gasteiger partial charge on any atom is 0.140 e. The fraction of sp³-hybridized carbons (Fsp3) is 0.357. The van der Waals surface area contributed by atoms with Crippen LogP contribution in [-0.4, -0.2) is 5.78 Å². The molecule has 1 aromatic carbocycles. The number of hydrogen-bond donors (Lipinski definition) is 0. The van der Waals surface area contributed by atoms with Crippen molar-refractivity contribution in [1.29, 1.82) is 0 Å². The van der Waals surface area contributed by atoms with Gasteiger partial charge in [0.2, 0.25) is 0 Å². The van der Waals surface area contributed by atoms with E-state index in [2.05, 4.69) is 18.7 Å². The molecule has 1 saturated carbocycles. The summed E-state index contributed by atoms with van der Waals surface area (Å²) in [5.74, 6) is 0.560. The van der Waals surface area contributed by atoms with E-state index < -0.39 is 0 Å². The van der Waals surface area contributed by atoms with Gasteiger partial charge in [0.25, 0.3) is 0 Å². The topological polar surface area (TPSA) is 17.1 Å². The molecular weight excluding hydrogens is 184 g/mol. The zero-order valence-corrected chi connectivity index (χ0v) is 8.91. The highest BCUT2D eigenvalue weighted by Gasteiger charge is 2.23. The average Bonchev–Trinajstić information content (AvgIpc) is 2.30. The Hall–Kier alpha value is -1.37. The molecule has 78 valence electrons. The Bertz CT molecular complexity index is 361. The highest BCUT2D eigenvalue weighted by atomic mass is 16.1. The first-order valence-corrected chi connectivity index (χ1v) is 5.56. The minimum Gasteiger partial charge on any atom is -0.299 e. The molecule has 0 saturated heterocycles. The largest absolute Gasteiger partial charge is 0.299 e. The summed E-state index contributed by atoms with van der Waals surface area (Å²) in [5.41, 5.74) is 2.28. The van der Waals surface area contributed by atoms with Crippen LogP contribution in [-0.2, 0) is 4.79 Å². The highest BCUT2D eigenvalue weighted by molar-refractivity contribution is 5.86. The van der Waals surface area contributed by atoms with Crippen LogP contribution in [0.3, 0.4) is 0 Å². The maximum atomic E-state index is 11.7. The molecule has 0 N–H and O–H groups in total. The Morgan fingerprint density at radius 3 is 2.53 bits per heavy atom. The Balaban J connectivity index is 2.20. The van der Waals surface area contributed by atoms with Gasteiger partial charge >= 0.3 is 0 Å². The molecule has 15 heavy (non-hydrogen) atoms. The van der Waals surface area contributed by atoms with Gasteiger partial charge in [-0.25, -0.2) is 0 Å². The van der Waals surface area contributed by atoms with Gasteiger partial charge < -0.3 is 0 Å². The molecule has 1 heteroatoms. The number of Topliss-reactive ketones (excluding diaryl/α,β-unsaturated/α-hetero) is 1. The van der Waals surface area contributed by atoms with Crippen LogP contribution < -0.4 is 0 Å². The van der Waals surface area contributed by atoms with Crippen LogP contribution in [0.5, 0.6) is 0 Å². The predicted molar refractivity (Wildman–Crippen MR) is 62.7 cm³/mol. The van der Waals surface area contributed by atoms with E-state index in [-0.39, 0.29) is 5.92 Å². The van der Waals surface area contributed by atoms with Gasteiger partial charge in [0.1, 0.15) is 5.78 Å². The number of ketones is 1. The zero-order chi connectivity index (χ0) is 10.7. The summed E-state index contributed by atoms with van der Waals surface area (Å²) in [5, 5.41) is 0. The van der Waals surface area contributed by atoms with Crippen LogP contribution in [0.4, 0.5) is 0 Å². The molecule has 1 fully saturated rings. The first-order valence-electron chi connectivity index (χ1n) is 5.56. The van der Waals surface area contributed by atoms with Gasteiger partial charge in [-0.05, 0) is 24.0 Å². The average molecular weight is 200 g/mol. The third-order valence-corrected chi connectivity index (χ3v) is 3.13. The van der Waals surface area contributed by atoms with Gasteiger partial charge in [-0.15, -0.1) is 0 Å². The third kappa shape index (κ3) is 2.17. The lowest BCUT2D eigenvalue weighted by Crippen LogP contribution is -2.16. The molecule has 1 aliphatic carbocycles. The van der Waals surface area contributed by atoms with E-state index in [9.17, 15) is 4.79 Å². The van der Waals surface area contributed by atoms with Crippen LogP contribution in [0.25, 0.3) is 6.08 Å². The molecule has 0 spiro atoms. The SMILES string of the molecule is C=Cc1ccc(C2CCCCC2=O)cc1. The van der Waals surface area contributed by atoms with E-state index in [1.54, 1.807) is 0 Å². The summed E-state index contributed by atoms with van der Waals surface area (Å²) < 4.78 is 0. The van der Waals surface area contributed by atoms with Crippen molar-refractivity contribution in [3.05, 3.63) is 42.0 Å². The third-order valence-electron chi connectivity index (χ3n) is 3.13. The van der Waals surface area contributed by atoms with Gasteiger partial charge in [0.05, 0.1) is 0 Å². The molecule has 1 aromatic rings. The second-order valence-corrected chi connectivity index (χ2v) is 4.14. The lowest BCUT2D eigenvalue weighted by atomic mass is 9.83. The second-order valence-electron chi connectivity index (χ2n) is 4.14. The molecule has 1 unspecified atom stereocenters. The van der Waals surface area contributed by atoms with Crippen molar-refractivity contribution in [3.63, 3.8) is 0 Å². The van der Waals surface area contributed by atoms with Crippen LogP contribution in [0.15, 0.2) is 30.8 Å². The number of hydrogen-bond acceptors (Lipinski definition) is 1. The Morgan fingerprint density at radius 2 is 1.93 bits per heavy atom. The van der Waals surface area contributed by atoms with Crippen LogP contribution in [0.1, 0.15) is 42.7 Å². The molecule has 0 heterocycles. The van der Waals surface area contributed by atoms with Crippen molar-refractivity contribution in [3.8, 4) is 0 Å². The van der Waals surface area contributed by atoms with E-state index >= 15 is 0 Å². The number of carbonyl (C=O) groups excluding carboxylic acids is 1. The lowest BCUT2D eigenvalue weighted by Gasteiger charge is -2.20. The quantitative estimate of drug-likeness (QED) is 0.713. The number of rotatable bonds is 2. The second kappa shape index (κ2) is 4.43. The summed E-state index contributed by atoms with van der Waals surface area (Å²) in [6.07, 6.45) is 5.85. The van der Waals surface area contributed by atoms with E-state index in [0.717, 1.165) is 24.8 Å². The molecule has 0 radical (unpaired) electrons. The van der Waals surface area contributed by atoms with Gasteiger partial charge in [0.15, 0.2) is 0 Å². The van der Waals surface area contributed by atoms with Crippen molar-refractivity contribution in [1.82, 2.24) is 0 Å². The molecule has 1 aliphatic rings. The molecule has 2 rings (SSSR count). The summed E-state index contributed by atoms with van der Waals surface area (Å²) in [6.45, 7) is 3.72. The summed E-state index contributed by atoms with van der Waals surface area (Å²) in [6, 6.07) is 8.18. The molecular formula is C14H16O. The monoisotopic (exact) mass is 200 g/mol. The van der Waals surface area contributed by atoms with Crippen LogP contribution in [0.2, 0.25) is 0 Å². The van der Waals surface area contributed by atoms with E-state index in [1.807, 2.05) is 18.2 Å². The Morgan fingerprint density at radius 1 is 1.20 bits per heavy atom. The zero-order valence-electron chi connectivity index (χ0n) is 8.91. The van der Waals surface area contributed by atoms with Gasteiger partial charge in [-0.2, -0.15) is 0 Å². The minimum absolute atomic E-state index is 0.151. The summed E-state index contributed by atoms with van der Waals surface area (Å²) in [7, 11) is 0. The minimum atomic E-state index is 0.151. The summed E-state index contributed by atoms with van der Waals surface area (Å²) >= 11 is 0. The van der Waals surface area contributed by atoms with Gasteiger partial charge in [0, 0.05) is 12.3 Å². The van der Waals surface area contributed by atoms with Crippen molar-refractivity contribution in [2.24, 2.45) is 0 Å². The van der Waals surface area contributed by atoms with Crippen LogP contribution >= 0.6 is 0 Å². The fourth-order valence-electron chi connectivity index (χ4n) is 2.20. The van der Waals surface area contributed by atoms with Crippen molar-refractivity contribution in [2.75, 3.05) is 0 Å². The number of benzene rings is 1. The number of carbonyl (C=O) groups is 1. The van der Waals surface area contributed by atoms with Crippen LogP contribution in [0, 0.1) is 0 Å². The molecule has 0 amide bonds. The standard InChI is InChI=1S/C14H16O/c1-2-11-7-9-12(10-8-11)13-5-3-4-6-14(13)15/h2,7-10,13H,1,3-6H2. The van der Waals surface area contributed by atoms with Crippen molar-refractivity contribution >= 4 is 11.9 Å². The smallest absolute Gasteiger partial charge is 0.140 e. The highest BCUT2D eigenvalue weighted by Crippen LogP contribution is 2.29. The van der Waals surface area contributed by atoms with Gasteiger partial charge in [-0.1, -0.05) is 43.3 Å². The molecule has 0 bridgehead atoms. The lowest BCUT2D eigenvalue weighted by molar-refractivity contribution is -0.121. The first kappa shape index (κ1) is 10.2. The molecule has 0 aliphatic heterocycles. The normalized spacial score (nSPS) is 21.3. The van der Waals surface area contributed by atoms with Crippen molar-refractivity contribution in [2.45, 2.75) is 31.6 Å². The fourth-order valence-corrected chi connectivity index (χ4v) is 2.20. The van der Waals surface area contributed by atoms with E-state index in [1.165, 1.54) is 12.0 Å². The summed E-state index contributed by atoms with van der Waals surface area (Å²) in [4.78, 5) is 11.7. The Labute approximate surface area is 90.8 Å². The van der Waals surface area contributed by atoms with Crippen molar-refractivity contribution < 1.29 is 4.79 Å². The predicted octanol–water partition coefficient (Wildman–Crippen LogP) is 3.56. The molecule has 1 atom stereocenters. The molecule has 0 aromatic heterocycles.